The van der Waals surface area contributed by atoms with Gasteiger partial charge in [-0.1, -0.05) is 45.0 Å². The molecular formula is C24H27F3N6O3. The van der Waals surface area contributed by atoms with Crippen LogP contribution >= 0.6 is 0 Å². The summed E-state index contributed by atoms with van der Waals surface area (Å²) in [6, 6.07) is 8.54. The zero-order valence-electron chi connectivity index (χ0n) is 20.0. The van der Waals surface area contributed by atoms with Crippen molar-refractivity contribution in [3.8, 4) is 5.82 Å². The lowest BCUT2D eigenvalue weighted by molar-refractivity contribution is -0.192. The number of hydrogen-bond acceptors (Lipinski definition) is 6. The quantitative estimate of drug-likeness (QED) is 0.562. The second-order valence-electron chi connectivity index (χ2n) is 9.13. The van der Waals surface area contributed by atoms with Crippen LogP contribution in [0.3, 0.4) is 0 Å². The molecule has 2 aromatic heterocycles. The van der Waals surface area contributed by atoms with E-state index < -0.39 is 12.1 Å². The van der Waals surface area contributed by atoms with E-state index in [1.165, 1.54) is 11.8 Å². The number of alkyl halides is 3. The van der Waals surface area contributed by atoms with Gasteiger partial charge in [0, 0.05) is 32.0 Å². The van der Waals surface area contributed by atoms with Gasteiger partial charge >= 0.3 is 12.1 Å². The maximum Gasteiger partial charge on any atom is 0.490 e. The van der Waals surface area contributed by atoms with Crippen molar-refractivity contribution in [1.82, 2.24) is 29.7 Å². The number of rotatable bonds is 3. The van der Waals surface area contributed by atoms with Gasteiger partial charge in [-0.15, -0.1) is 0 Å². The third-order valence-electron chi connectivity index (χ3n) is 5.52. The van der Waals surface area contributed by atoms with E-state index in [0.717, 1.165) is 18.7 Å². The summed E-state index contributed by atoms with van der Waals surface area (Å²) in [6.07, 6.45) is 3.17. The van der Waals surface area contributed by atoms with Gasteiger partial charge < -0.3 is 15.3 Å². The highest BCUT2D eigenvalue weighted by Crippen LogP contribution is 2.28. The van der Waals surface area contributed by atoms with Crippen molar-refractivity contribution in [2.75, 3.05) is 19.6 Å². The molecule has 3 aromatic rings. The first kappa shape index (κ1) is 26.8. The zero-order chi connectivity index (χ0) is 26.5. The molecule has 1 aliphatic rings. The van der Waals surface area contributed by atoms with Crippen LogP contribution in [0.5, 0.6) is 0 Å². The van der Waals surface area contributed by atoms with E-state index in [4.69, 9.17) is 9.90 Å². The van der Waals surface area contributed by atoms with Gasteiger partial charge in [0.2, 0.25) is 0 Å². The molecule has 9 nitrogen and oxygen atoms in total. The van der Waals surface area contributed by atoms with Gasteiger partial charge in [0.1, 0.15) is 12.0 Å². The van der Waals surface area contributed by atoms with Gasteiger partial charge in [0.05, 0.1) is 18.4 Å². The van der Waals surface area contributed by atoms with E-state index in [0.29, 0.717) is 18.1 Å². The molecule has 4 rings (SSSR count). The fraction of sp³-hybridized carbons (Fsp3) is 0.375. The minimum Gasteiger partial charge on any atom is -0.475 e. The molecule has 36 heavy (non-hydrogen) atoms. The number of carbonyl (C=O) groups excluding carboxylic acids is 1. The second-order valence-corrected chi connectivity index (χ2v) is 9.13. The van der Waals surface area contributed by atoms with Crippen molar-refractivity contribution in [2.45, 2.75) is 38.4 Å². The normalized spacial score (nSPS) is 16.2. The Morgan fingerprint density at radius 2 is 1.75 bits per heavy atom. The molecule has 0 spiro atoms. The predicted octanol–water partition coefficient (Wildman–Crippen LogP) is 3.38. The average molecular weight is 505 g/mol. The van der Waals surface area contributed by atoms with Gasteiger partial charge in [-0.3, -0.25) is 14.3 Å². The number of imidazole rings is 1. The number of piperazine rings is 1. The van der Waals surface area contributed by atoms with Crippen LogP contribution in [0.2, 0.25) is 0 Å². The SMILES string of the molecule is CC(C)(C)c1ccc(C2CNCCN2C(=O)c2cncc(-n3ccnc3)n2)cc1.O=C(O)C(F)(F)F. The fourth-order valence-electron chi connectivity index (χ4n) is 3.58. The molecule has 1 amide bonds. The van der Waals surface area contributed by atoms with E-state index in [-0.39, 0.29) is 17.4 Å². The molecule has 3 heterocycles. The highest BCUT2D eigenvalue weighted by molar-refractivity contribution is 5.92. The summed E-state index contributed by atoms with van der Waals surface area (Å²) < 4.78 is 33.5. The van der Waals surface area contributed by atoms with Crippen molar-refractivity contribution in [1.29, 1.82) is 0 Å². The van der Waals surface area contributed by atoms with Crippen molar-refractivity contribution in [2.24, 2.45) is 0 Å². The number of carboxylic acids is 1. The fourth-order valence-corrected chi connectivity index (χ4v) is 3.58. The topological polar surface area (TPSA) is 113 Å². The predicted molar refractivity (Wildman–Crippen MR) is 125 cm³/mol. The standard InChI is InChI=1S/C22H26N6O.C2HF3O2/c1-22(2,3)17-6-4-16(5-7-17)19-13-23-9-11-28(19)21(29)18-12-25-14-20(26-18)27-10-8-24-15-27;3-2(4,5)1(6)7/h4-8,10,12,14-15,19,23H,9,11,13H2,1-3H3;(H,6,7). The first-order valence-corrected chi connectivity index (χ1v) is 11.1. The molecule has 0 bridgehead atoms. The Morgan fingerprint density at radius 1 is 1.08 bits per heavy atom. The Balaban J connectivity index is 0.000000454. The molecule has 0 aliphatic carbocycles. The molecule has 0 radical (unpaired) electrons. The number of hydrogen-bond donors (Lipinski definition) is 2. The minimum absolute atomic E-state index is 0.0380. The summed E-state index contributed by atoms with van der Waals surface area (Å²) in [5, 5.41) is 10.5. The zero-order valence-corrected chi connectivity index (χ0v) is 20.0. The summed E-state index contributed by atoms with van der Waals surface area (Å²) in [6.45, 7) is 8.71. The Labute approximate surface area is 206 Å². The number of halogens is 3. The van der Waals surface area contributed by atoms with Crippen molar-refractivity contribution < 1.29 is 27.9 Å². The summed E-state index contributed by atoms with van der Waals surface area (Å²) >= 11 is 0. The summed E-state index contributed by atoms with van der Waals surface area (Å²) in [5.41, 5.74) is 2.84. The number of nitrogens with zero attached hydrogens (tertiary/aromatic N) is 5. The van der Waals surface area contributed by atoms with Crippen molar-refractivity contribution in [3.05, 3.63) is 72.2 Å². The van der Waals surface area contributed by atoms with Crippen molar-refractivity contribution in [3.63, 3.8) is 0 Å². The van der Waals surface area contributed by atoms with Gasteiger partial charge in [0.15, 0.2) is 5.82 Å². The molecule has 1 atom stereocenters. The summed E-state index contributed by atoms with van der Waals surface area (Å²) in [7, 11) is 0. The second kappa shape index (κ2) is 10.9. The molecule has 1 aromatic carbocycles. The van der Waals surface area contributed by atoms with Crippen LogP contribution in [0.1, 0.15) is 48.4 Å². The molecule has 1 saturated heterocycles. The molecule has 1 aliphatic heterocycles. The monoisotopic (exact) mass is 504 g/mol. The number of aliphatic carboxylic acids is 1. The number of carboxylic acid groups (broad SMARTS) is 1. The highest BCUT2D eigenvalue weighted by Gasteiger charge is 2.38. The van der Waals surface area contributed by atoms with Crippen LogP contribution in [0.15, 0.2) is 55.4 Å². The number of benzene rings is 1. The van der Waals surface area contributed by atoms with E-state index in [1.54, 1.807) is 29.5 Å². The molecule has 1 unspecified atom stereocenters. The highest BCUT2D eigenvalue weighted by atomic mass is 19.4. The van der Waals surface area contributed by atoms with E-state index in [1.807, 2.05) is 4.90 Å². The smallest absolute Gasteiger partial charge is 0.475 e. The van der Waals surface area contributed by atoms with Crippen LogP contribution in [0.4, 0.5) is 13.2 Å². The first-order valence-electron chi connectivity index (χ1n) is 11.1. The van der Waals surface area contributed by atoms with E-state index in [9.17, 15) is 18.0 Å². The van der Waals surface area contributed by atoms with Crippen LogP contribution in [-0.2, 0) is 10.2 Å². The molecule has 2 N–H and O–H groups in total. The minimum atomic E-state index is -5.08. The van der Waals surface area contributed by atoms with Crippen LogP contribution < -0.4 is 5.32 Å². The maximum atomic E-state index is 13.3. The Bertz CT molecular complexity index is 1180. The Hall–Kier alpha value is -3.80. The lowest BCUT2D eigenvalue weighted by Crippen LogP contribution is -2.49. The van der Waals surface area contributed by atoms with Crippen LogP contribution in [0.25, 0.3) is 5.82 Å². The largest absolute Gasteiger partial charge is 0.490 e. The molecule has 192 valence electrons. The third-order valence-corrected chi connectivity index (χ3v) is 5.52. The maximum absolute atomic E-state index is 13.3. The Morgan fingerprint density at radius 3 is 2.31 bits per heavy atom. The van der Waals surface area contributed by atoms with Gasteiger partial charge in [-0.2, -0.15) is 13.2 Å². The van der Waals surface area contributed by atoms with E-state index >= 15 is 0 Å². The number of carbonyl (C=O) groups is 2. The number of amides is 1. The Kier molecular flexibility index (Phi) is 8.08. The third kappa shape index (κ3) is 6.66. The molecule has 0 saturated carbocycles. The summed E-state index contributed by atoms with van der Waals surface area (Å²) in [4.78, 5) is 36.9. The molecular weight excluding hydrogens is 477 g/mol. The van der Waals surface area contributed by atoms with Crippen LogP contribution in [0, 0.1) is 0 Å². The molecule has 1 fully saturated rings. The van der Waals surface area contributed by atoms with Gasteiger partial charge in [-0.05, 0) is 16.5 Å². The summed E-state index contributed by atoms with van der Waals surface area (Å²) in [5.74, 6) is -2.28. The van der Waals surface area contributed by atoms with Gasteiger partial charge in [0.25, 0.3) is 5.91 Å². The number of aromatic nitrogens is 4. The van der Waals surface area contributed by atoms with Crippen LogP contribution in [-0.4, -0.2) is 67.2 Å². The number of nitrogens with one attached hydrogen (secondary N) is 1. The molecule has 12 heteroatoms. The lowest BCUT2D eigenvalue weighted by atomic mass is 9.86. The van der Waals surface area contributed by atoms with E-state index in [2.05, 4.69) is 65.3 Å². The van der Waals surface area contributed by atoms with Gasteiger partial charge in [-0.25, -0.2) is 14.8 Å². The van der Waals surface area contributed by atoms with Crippen molar-refractivity contribution >= 4 is 11.9 Å². The first-order chi connectivity index (χ1) is 16.9. The lowest BCUT2D eigenvalue weighted by Gasteiger charge is -2.36. The average Bonchev–Trinajstić information content (AvgIpc) is 3.38.